The van der Waals surface area contributed by atoms with Crippen LogP contribution in [0.4, 0.5) is 0 Å². The van der Waals surface area contributed by atoms with Crippen molar-refractivity contribution in [2.45, 2.75) is 32.1 Å². The summed E-state index contributed by atoms with van der Waals surface area (Å²) in [5, 5.41) is 0. The summed E-state index contributed by atoms with van der Waals surface area (Å²) in [6, 6.07) is 8.62. The fraction of sp³-hybridized carbons (Fsp3) is 0.389. The maximum Gasteiger partial charge on any atom is 0.139 e. The summed E-state index contributed by atoms with van der Waals surface area (Å²) >= 11 is 0. The molecule has 2 atom stereocenters. The average molecular weight is 250 g/mol. The monoisotopic (exact) mass is 250 g/mol. The van der Waals surface area contributed by atoms with Crippen LogP contribution < -0.4 is 0 Å². The van der Waals surface area contributed by atoms with Crippen molar-refractivity contribution in [2.75, 3.05) is 0 Å². The first-order chi connectivity index (χ1) is 9.29. The minimum atomic E-state index is 0.342. The second kappa shape index (κ2) is 4.19. The molecule has 0 N–H and O–H groups in total. The van der Waals surface area contributed by atoms with Crippen molar-refractivity contribution in [3.8, 4) is 0 Å². The van der Waals surface area contributed by atoms with Gasteiger partial charge in [-0.05, 0) is 48.8 Å². The quantitative estimate of drug-likeness (QED) is 0.737. The van der Waals surface area contributed by atoms with Gasteiger partial charge >= 0.3 is 0 Å². The molecule has 0 aromatic heterocycles. The van der Waals surface area contributed by atoms with Crippen LogP contribution in [0.2, 0.25) is 0 Å². The topological polar surface area (TPSA) is 17.1 Å². The summed E-state index contributed by atoms with van der Waals surface area (Å²) in [4.78, 5) is 11.9. The molecule has 1 heteroatoms. The lowest BCUT2D eigenvalue weighted by molar-refractivity contribution is -0.124. The molecule has 19 heavy (non-hydrogen) atoms. The SMILES string of the molecule is O=C1C2CCC1CC(=CC1=Cc3ccccc3C1)C2. The van der Waals surface area contributed by atoms with E-state index in [9.17, 15) is 4.79 Å². The maximum atomic E-state index is 11.9. The highest BCUT2D eigenvalue weighted by atomic mass is 16.1. The Morgan fingerprint density at radius 1 is 1.05 bits per heavy atom. The van der Waals surface area contributed by atoms with Gasteiger partial charge in [-0.25, -0.2) is 0 Å². The highest BCUT2D eigenvalue weighted by molar-refractivity contribution is 5.87. The number of hydrogen-bond donors (Lipinski definition) is 0. The van der Waals surface area contributed by atoms with Crippen LogP contribution in [0.3, 0.4) is 0 Å². The van der Waals surface area contributed by atoms with Gasteiger partial charge in [0.1, 0.15) is 5.78 Å². The molecule has 96 valence electrons. The zero-order chi connectivity index (χ0) is 12.8. The van der Waals surface area contributed by atoms with Crippen LogP contribution in [-0.2, 0) is 11.2 Å². The maximum absolute atomic E-state index is 11.9. The van der Waals surface area contributed by atoms with Gasteiger partial charge in [-0.2, -0.15) is 0 Å². The van der Waals surface area contributed by atoms with Crippen LogP contribution in [0.25, 0.3) is 6.08 Å². The minimum absolute atomic E-state index is 0.342. The Balaban J connectivity index is 1.57. The average Bonchev–Trinajstić information content (AvgIpc) is 2.87. The van der Waals surface area contributed by atoms with Crippen molar-refractivity contribution in [3.63, 3.8) is 0 Å². The van der Waals surface area contributed by atoms with Gasteiger partial charge in [-0.1, -0.05) is 42.0 Å². The zero-order valence-corrected chi connectivity index (χ0v) is 11.1. The molecule has 0 saturated heterocycles. The van der Waals surface area contributed by atoms with E-state index in [1.54, 1.807) is 0 Å². The number of ketones is 1. The standard InChI is InChI=1S/C18H18O/c19-18-16-5-6-17(18)11-13(10-16)7-12-8-14-3-1-2-4-15(14)9-12/h1-4,7-8,16-17H,5-6,9-11H2. The van der Waals surface area contributed by atoms with E-state index in [4.69, 9.17) is 0 Å². The lowest BCUT2D eigenvalue weighted by Crippen LogP contribution is -2.21. The number of carbonyl (C=O) groups is 1. The normalized spacial score (nSPS) is 28.3. The lowest BCUT2D eigenvalue weighted by Gasteiger charge is -2.20. The van der Waals surface area contributed by atoms with Crippen LogP contribution in [-0.4, -0.2) is 5.78 Å². The van der Waals surface area contributed by atoms with E-state index in [2.05, 4.69) is 36.4 Å². The number of carbonyl (C=O) groups excluding carboxylic acids is 1. The molecule has 3 aliphatic rings. The Morgan fingerprint density at radius 2 is 1.79 bits per heavy atom. The number of allylic oxidation sites excluding steroid dienone is 3. The molecule has 0 amide bonds. The van der Waals surface area contributed by atoms with Crippen molar-refractivity contribution < 1.29 is 4.79 Å². The summed E-state index contributed by atoms with van der Waals surface area (Å²) in [5.74, 6) is 1.23. The van der Waals surface area contributed by atoms with Crippen LogP contribution >= 0.6 is 0 Å². The van der Waals surface area contributed by atoms with Gasteiger partial charge in [0, 0.05) is 11.8 Å². The van der Waals surface area contributed by atoms with E-state index in [0.29, 0.717) is 17.6 Å². The van der Waals surface area contributed by atoms with Gasteiger partial charge in [0.2, 0.25) is 0 Å². The fourth-order valence-corrected chi connectivity index (χ4v) is 3.92. The largest absolute Gasteiger partial charge is 0.299 e. The van der Waals surface area contributed by atoms with Crippen molar-refractivity contribution in [3.05, 3.63) is 52.6 Å². The highest BCUT2D eigenvalue weighted by Crippen LogP contribution is 2.42. The third-order valence-electron chi connectivity index (χ3n) is 4.87. The summed E-state index contributed by atoms with van der Waals surface area (Å²) in [6.45, 7) is 0. The first-order valence-electron chi connectivity index (χ1n) is 7.31. The zero-order valence-electron chi connectivity index (χ0n) is 11.1. The van der Waals surface area contributed by atoms with Crippen LogP contribution in [0.15, 0.2) is 41.5 Å². The molecule has 0 heterocycles. The Hall–Kier alpha value is -1.63. The minimum Gasteiger partial charge on any atom is -0.299 e. The van der Waals surface area contributed by atoms with E-state index in [-0.39, 0.29) is 0 Å². The predicted molar refractivity (Wildman–Crippen MR) is 76.7 cm³/mol. The third kappa shape index (κ3) is 1.88. The van der Waals surface area contributed by atoms with Gasteiger partial charge in [0.05, 0.1) is 0 Å². The molecule has 1 aromatic carbocycles. The van der Waals surface area contributed by atoms with Gasteiger partial charge in [-0.3, -0.25) is 4.79 Å². The molecule has 2 bridgehead atoms. The molecular weight excluding hydrogens is 232 g/mol. The molecule has 2 fully saturated rings. The number of fused-ring (bicyclic) bond motifs is 3. The Labute approximate surface area is 114 Å². The Morgan fingerprint density at radius 3 is 2.53 bits per heavy atom. The first-order valence-corrected chi connectivity index (χ1v) is 7.31. The molecule has 2 unspecified atom stereocenters. The number of hydrogen-bond acceptors (Lipinski definition) is 1. The predicted octanol–water partition coefficient (Wildman–Crippen LogP) is 3.94. The second-order valence-corrected chi connectivity index (χ2v) is 6.18. The van der Waals surface area contributed by atoms with Crippen molar-refractivity contribution in [2.24, 2.45) is 11.8 Å². The first kappa shape index (κ1) is 11.2. The summed E-state index contributed by atoms with van der Waals surface area (Å²) in [7, 11) is 0. The Bertz CT molecular complexity index is 588. The summed E-state index contributed by atoms with van der Waals surface area (Å²) in [6.07, 6.45) is 10.0. The van der Waals surface area contributed by atoms with Gasteiger partial charge < -0.3 is 0 Å². The molecule has 2 saturated carbocycles. The fourth-order valence-electron chi connectivity index (χ4n) is 3.92. The summed E-state index contributed by atoms with van der Waals surface area (Å²) in [5.41, 5.74) is 5.73. The van der Waals surface area contributed by atoms with Gasteiger partial charge in [0.25, 0.3) is 0 Å². The molecule has 3 aliphatic carbocycles. The van der Waals surface area contributed by atoms with E-state index < -0.39 is 0 Å². The molecule has 4 rings (SSSR count). The van der Waals surface area contributed by atoms with Crippen LogP contribution in [0, 0.1) is 11.8 Å². The smallest absolute Gasteiger partial charge is 0.139 e. The van der Waals surface area contributed by atoms with E-state index in [1.165, 1.54) is 22.3 Å². The van der Waals surface area contributed by atoms with Gasteiger partial charge in [-0.15, -0.1) is 0 Å². The van der Waals surface area contributed by atoms with E-state index in [1.807, 2.05) is 0 Å². The Kier molecular flexibility index (Phi) is 2.48. The number of Topliss-reactive ketones (excluding diaryl/α,β-unsaturated/α-hetero) is 1. The molecule has 0 aliphatic heterocycles. The van der Waals surface area contributed by atoms with Crippen molar-refractivity contribution in [1.29, 1.82) is 0 Å². The van der Waals surface area contributed by atoms with Crippen molar-refractivity contribution >= 4 is 11.9 Å². The molecular formula is C18H18O. The van der Waals surface area contributed by atoms with E-state index >= 15 is 0 Å². The van der Waals surface area contributed by atoms with Crippen LogP contribution in [0.5, 0.6) is 0 Å². The molecule has 0 radical (unpaired) electrons. The van der Waals surface area contributed by atoms with E-state index in [0.717, 1.165) is 32.1 Å². The second-order valence-electron chi connectivity index (χ2n) is 6.18. The number of rotatable bonds is 1. The summed E-state index contributed by atoms with van der Waals surface area (Å²) < 4.78 is 0. The van der Waals surface area contributed by atoms with Crippen molar-refractivity contribution in [1.82, 2.24) is 0 Å². The van der Waals surface area contributed by atoms with Crippen LogP contribution in [0.1, 0.15) is 36.8 Å². The highest BCUT2D eigenvalue weighted by Gasteiger charge is 2.39. The van der Waals surface area contributed by atoms with Gasteiger partial charge in [0.15, 0.2) is 0 Å². The molecule has 0 spiro atoms. The third-order valence-corrected chi connectivity index (χ3v) is 4.87. The number of benzene rings is 1. The molecule has 1 aromatic rings. The molecule has 1 nitrogen and oxygen atoms in total. The lowest BCUT2D eigenvalue weighted by atomic mass is 9.83.